The summed E-state index contributed by atoms with van der Waals surface area (Å²) < 4.78 is 65.9. The molecule has 23 heavy (non-hydrogen) atoms. The normalized spacial score (nSPS) is 21.8. The van der Waals surface area contributed by atoms with E-state index in [0.717, 1.165) is 12.1 Å². The summed E-state index contributed by atoms with van der Waals surface area (Å²) in [5.41, 5.74) is 0. The number of alkyl halides is 2. The van der Waals surface area contributed by atoms with Gasteiger partial charge in [-0.3, -0.25) is 4.79 Å². The quantitative estimate of drug-likeness (QED) is 0.850. The average Bonchev–Trinajstić information content (AvgIpc) is 2.77. The molecular formula is C14H17F3N2O3S. The monoisotopic (exact) mass is 350 g/mol. The zero-order valence-electron chi connectivity index (χ0n) is 12.4. The van der Waals surface area contributed by atoms with Crippen molar-refractivity contribution >= 4 is 15.9 Å². The smallest absolute Gasteiger partial charge is 0.250 e. The Morgan fingerprint density at radius 1 is 1.35 bits per heavy atom. The van der Waals surface area contributed by atoms with Gasteiger partial charge in [-0.1, -0.05) is 12.1 Å². The molecule has 1 aliphatic rings. The van der Waals surface area contributed by atoms with Crippen LogP contribution >= 0.6 is 0 Å². The molecule has 0 bridgehead atoms. The third-order valence-electron chi connectivity index (χ3n) is 3.60. The van der Waals surface area contributed by atoms with Gasteiger partial charge >= 0.3 is 0 Å². The second-order valence-electron chi connectivity index (χ2n) is 5.58. The van der Waals surface area contributed by atoms with Crippen LogP contribution in [0.2, 0.25) is 0 Å². The lowest BCUT2D eigenvalue weighted by atomic mass is 10.2. The lowest BCUT2D eigenvalue weighted by Crippen LogP contribution is -2.47. The van der Waals surface area contributed by atoms with Crippen LogP contribution in [0.5, 0.6) is 0 Å². The van der Waals surface area contributed by atoms with Crippen LogP contribution in [0.3, 0.4) is 0 Å². The summed E-state index contributed by atoms with van der Waals surface area (Å²) in [5.74, 6) is -4.48. The van der Waals surface area contributed by atoms with E-state index >= 15 is 0 Å². The number of hydrogen-bond donors (Lipinski definition) is 2. The first kappa shape index (κ1) is 17.7. The van der Waals surface area contributed by atoms with Gasteiger partial charge in [0.25, 0.3) is 0 Å². The molecule has 5 nitrogen and oxygen atoms in total. The van der Waals surface area contributed by atoms with Crippen molar-refractivity contribution in [2.75, 3.05) is 0 Å². The highest BCUT2D eigenvalue weighted by molar-refractivity contribution is 7.89. The highest BCUT2D eigenvalue weighted by atomic mass is 32.2. The Hall–Kier alpha value is -1.61. The molecule has 1 amide bonds. The van der Waals surface area contributed by atoms with E-state index < -0.39 is 51.1 Å². The Kier molecular flexibility index (Phi) is 5.00. The van der Waals surface area contributed by atoms with Gasteiger partial charge in [-0.15, -0.1) is 0 Å². The molecule has 2 atom stereocenters. The molecule has 1 aliphatic carbocycles. The lowest BCUT2D eigenvalue weighted by Gasteiger charge is -2.18. The lowest BCUT2D eigenvalue weighted by molar-refractivity contribution is -0.123. The number of rotatable bonds is 5. The third kappa shape index (κ3) is 4.44. The first-order chi connectivity index (χ1) is 10.6. The number of sulfonamides is 1. The van der Waals surface area contributed by atoms with Crippen molar-refractivity contribution in [3.8, 4) is 0 Å². The average molecular weight is 350 g/mol. The van der Waals surface area contributed by atoms with Gasteiger partial charge in [0.15, 0.2) is 0 Å². The zero-order valence-corrected chi connectivity index (χ0v) is 13.2. The summed E-state index contributed by atoms with van der Waals surface area (Å²) in [6.07, 6.45) is -0.648. The fourth-order valence-corrected chi connectivity index (χ4v) is 3.69. The largest absolute Gasteiger partial charge is 0.352 e. The first-order valence-electron chi connectivity index (χ1n) is 7.06. The summed E-state index contributed by atoms with van der Waals surface area (Å²) >= 11 is 0. The second kappa shape index (κ2) is 6.48. The number of amides is 1. The minimum atomic E-state index is -4.23. The molecule has 1 fully saturated rings. The molecule has 1 saturated carbocycles. The van der Waals surface area contributed by atoms with E-state index in [0.29, 0.717) is 0 Å². The van der Waals surface area contributed by atoms with E-state index in [-0.39, 0.29) is 12.8 Å². The highest BCUT2D eigenvalue weighted by Crippen LogP contribution is 2.34. The molecule has 0 heterocycles. The number of nitrogens with one attached hydrogen (secondary N) is 2. The Bertz CT molecular complexity index is 694. The van der Waals surface area contributed by atoms with Crippen molar-refractivity contribution in [2.45, 2.75) is 49.1 Å². The second-order valence-corrected chi connectivity index (χ2v) is 7.26. The van der Waals surface area contributed by atoms with Gasteiger partial charge in [-0.25, -0.2) is 21.6 Å². The van der Waals surface area contributed by atoms with Crippen molar-refractivity contribution in [1.29, 1.82) is 0 Å². The summed E-state index contributed by atoms with van der Waals surface area (Å²) in [4.78, 5) is 11.4. The molecule has 0 spiro atoms. The van der Waals surface area contributed by atoms with E-state index in [1.807, 2.05) is 4.72 Å². The summed E-state index contributed by atoms with van der Waals surface area (Å²) in [5, 5.41) is 2.38. The molecule has 0 saturated heterocycles. The predicted molar refractivity (Wildman–Crippen MR) is 76.9 cm³/mol. The first-order valence-corrected chi connectivity index (χ1v) is 8.54. The molecule has 9 heteroatoms. The van der Waals surface area contributed by atoms with Gasteiger partial charge < -0.3 is 5.32 Å². The van der Waals surface area contributed by atoms with Gasteiger partial charge in [0.05, 0.1) is 6.04 Å². The number of halogens is 3. The van der Waals surface area contributed by atoms with Crippen molar-refractivity contribution in [3.05, 3.63) is 30.1 Å². The van der Waals surface area contributed by atoms with Gasteiger partial charge in [-0.05, 0) is 25.5 Å². The Balaban J connectivity index is 2.00. The molecular weight excluding hydrogens is 333 g/mol. The number of carbonyl (C=O) groups is 1. The SMILES string of the molecule is C[C@H](NS(=O)(=O)c1ccccc1F)C(=O)NC1CCC(F)(F)C1. The molecule has 0 aliphatic heterocycles. The molecule has 2 rings (SSSR count). The summed E-state index contributed by atoms with van der Waals surface area (Å²) in [7, 11) is -4.23. The zero-order chi connectivity index (χ0) is 17.3. The maximum atomic E-state index is 13.5. The van der Waals surface area contributed by atoms with Crippen LogP contribution in [0.1, 0.15) is 26.2 Å². The molecule has 1 unspecified atom stereocenters. The minimum Gasteiger partial charge on any atom is -0.352 e. The number of hydrogen-bond acceptors (Lipinski definition) is 3. The fraction of sp³-hybridized carbons (Fsp3) is 0.500. The van der Waals surface area contributed by atoms with E-state index in [1.165, 1.54) is 19.1 Å². The van der Waals surface area contributed by atoms with Gasteiger partial charge in [0.2, 0.25) is 21.9 Å². The maximum Gasteiger partial charge on any atom is 0.250 e. The molecule has 128 valence electrons. The van der Waals surface area contributed by atoms with Crippen molar-refractivity contribution in [3.63, 3.8) is 0 Å². The van der Waals surface area contributed by atoms with Crippen LogP contribution in [0.4, 0.5) is 13.2 Å². The number of benzene rings is 1. The van der Waals surface area contributed by atoms with Crippen LogP contribution in [0.15, 0.2) is 29.2 Å². The minimum absolute atomic E-state index is 0.130. The van der Waals surface area contributed by atoms with Crippen LogP contribution in [0.25, 0.3) is 0 Å². The van der Waals surface area contributed by atoms with Crippen LogP contribution < -0.4 is 10.0 Å². The van der Waals surface area contributed by atoms with E-state index in [4.69, 9.17) is 0 Å². The maximum absolute atomic E-state index is 13.5. The van der Waals surface area contributed by atoms with Crippen LogP contribution in [0, 0.1) is 5.82 Å². The van der Waals surface area contributed by atoms with Gasteiger partial charge in [-0.2, -0.15) is 4.72 Å². The molecule has 2 N–H and O–H groups in total. The summed E-state index contributed by atoms with van der Waals surface area (Å²) in [6.45, 7) is 1.26. The fourth-order valence-electron chi connectivity index (χ4n) is 2.41. The van der Waals surface area contributed by atoms with E-state index in [2.05, 4.69) is 5.32 Å². The van der Waals surface area contributed by atoms with E-state index in [9.17, 15) is 26.4 Å². The Morgan fingerprint density at radius 3 is 2.57 bits per heavy atom. The molecule has 0 radical (unpaired) electrons. The van der Waals surface area contributed by atoms with Crippen molar-refractivity contribution in [1.82, 2.24) is 10.0 Å². The Labute approximate surface area is 132 Å². The Morgan fingerprint density at radius 2 is 2.00 bits per heavy atom. The van der Waals surface area contributed by atoms with Crippen LogP contribution in [-0.2, 0) is 14.8 Å². The van der Waals surface area contributed by atoms with Crippen molar-refractivity contribution < 1.29 is 26.4 Å². The number of carbonyl (C=O) groups excluding carboxylic acids is 1. The molecule has 1 aromatic carbocycles. The van der Waals surface area contributed by atoms with E-state index in [1.54, 1.807) is 0 Å². The van der Waals surface area contributed by atoms with Gasteiger partial charge in [0, 0.05) is 18.9 Å². The highest BCUT2D eigenvalue weighted by Gasteiger charge is 2.40. The standard InChI is InChI=1S/C14H17F3N2O3S/c1-9(13(20)18-10-6-7-14(16,17)8-10)19-23(21,22)12-5-3-2-4-11(12)15/h2-5,9-10,19H,6-8H2,1H3,(H,18,20)/t9-,10?/m0/s1. The van der Waals surface area contributed by atoms with Gasteiger partial charge in [0.1, 0.15) is 10.7 Å². The summed E-state index contributed by atoms with van der Waals surface area (Å²) in [6, 6.07) is 2.83. The topological polar surface area (TPSA) is 75.3 Å². The van der Waals surface area contributed by atoms with Crippen molar-refractivity contribution in [2.24, 2.45) is 0 Å². The molecule has 0 aromatic heterocycles. The van der Waals surface area contributed by atoms with Crippen LogP contribution in [-0.4, -0.2) is 32.3 Å². The predicted octanol–water partition coefficient (Wildman–Crippen LogP) is 1.80. The third-order valence-corrected chi connectivity index (χ3v) is 5.18. The molecule has 1 aromatic rings.